The molecule has 1 amide bonds. The number of carbonyl (C=O) groups excluding carboxylic acids is 1. The van der Waals surface area contributed by atoms with Gasteiger partial charge >= 0.3 is 5.97 Å². The molecular formula is C16H21NO4. The van der Waals surface area contributed by atoms with E-state index in [2.05, 4.69) is 0 Å². The SMILES string of the molecule is CCCC1(C(=O)O)CCN(C(=O)Cc2ccc(O)cc2)C1. The maximum absolute atomic E-state index is 12.3. The van der Waals surface area contributed by atoms with Crippen molar-refractivity contribution in [2.75, 3.05) is 13.1 Å². The molecule has 1 aromatic rings. The zero-order chi connectivity index (χ0) is 15.5. The van der Waals surface area contributed by atoms with Crippen LogP contribution >= 0.6 is 0 Å². The van der Waals surface area contributed by atoms with Gasteiger partial charge in [-0.2, -0.15) is 0 Å². The molecule has 5 nitrogen and oxygen atoms in total. The van der Waals surface area contributed by atoms with E-state index in [1.54, 1.807) is 29.2 Å². The molecule has 5 heteroatoms. The molecule has 21 heavy (non-hydrogen) atoms. The van der Waals surface area contributed by atoms with Crippen LogP contribution in [-0.2, 0) is 16.0 Å². The first-order chi connectivity index (χ1) is 9.97. The van der Waals surface area contributed by atoms with Crippen LogP contribution < -0.4 is 0 Å². The van der Waals surface area contributed by atoms with E-state index in [-0.39, 0.29) is 18.1 Å². The van der Waals surface area contributed by atoms with Crippen molar-refractivity contribution in [3.8, 4) is 5.75 Å². The minimum atomic E-state index is -0.802. The van der Waals surface area contributed by atoms with Gasteiger partial charge in [-0.1, -0.05) is 25.5 Å². The number of hydrogen-bond donors (Lipinski definition) is 2. The summed E-state index contributed by atoms with van der Waals surface area (Å²) in [6, 6.07) is 6.51. The van der Waals surface area contributed by atoms with E-state index in [0.717, 1.165) is 12.0 Å². The smallest absolute Gasteiger partial charge is 0.311 e. The standard InChI is InChI=1S/C16H21NO4/c1-2-7-16(15(20)21)8-9-17(11-16)14(19)10-12-3-5-13(18)6-4-12/h3-6,18H,2,7-11H2,1H3,(H,20,21). The second-order valence-corrected chi connectivity index (χ2v) is 5.74. The van der Waals surface area contributed by atoms with Gasteiger partial charge in [0.1, 0.15) is 5.75 Å². The second-order valence-electron chi connectivity index (χ2n) is 5.74. The Kier molecular flexibility index (Phi) is 4.50. The summed E-state index contributed by atoms with van der Waals surface area (Å²) in [6.07, 6.45) is 2.16. The third-order valence-corrected chi connectivity index (χ3v) is 4.18. The largest absolute Gasteiger partial charge is 0.508 e. The molecule has 0 radical (unpaired) electrons. The number of carbonyl (C=O) groups is 2. The Morgan fingerprint density at radius 2 is 1.95 bits per heavy atom. The Balaban J connectivity index is 2.01. The Labute approximate surface area is 124 Å². The van der Waals surface area contributed by atoms with Crippen LogP contribution in [0.1, 0.15) is 31.7 Å². The van der Waals surface area contributed by atoms with Crippen molar-refractivity contribution in [2.45, 2.75) is 32.6 Å². The van der Waals surface area contributed by atoms with Crippen molar-refractivity contribution in [1.82, 2.24) is 4.90 Å². The van der Waals surface area contributed by atoms with Crippen LogP contribution in [0.15, 0.2) is 24.3 Å². The third kappa shape index (κ3) is 3.35. The number of phenols is 1. The van der Waals surface area contributed by atoms with Crippen molar-refractivity contribution in [2.24, 2.45) is 5.41 Å². The molecule has 2 rings (SSSR count). The summed E-state index contributed by atoms with van der Waals surface area (Å²) in [7, 11) is 0. The Morgan fingerprint density at radius 3 is 2.52 bits per heavy atom. The van der Waals surface area contributed by atoms with Crippen molar-refractivity contribution in [3.05, 3.63) is 29.8 Å². The normalized spacial score (nSPS) is 21.5. The van der Waals surface area contributed by atoms with Crippen molar-refractivity contribution in [1.29, 1.82) is 0 Å². The summed E-state index contributed by atoms with van der Waals surface area (Å²) < 4.78 is 0. The average molecular weight is 291 g/mol. The number of likely N-dealkylation sites (tertiary alicyclic amines) is 1. The number of benzene rings is 1. The van der Waals surface area contributed by atoms with Crippen LogP contribution in [0.5, 0.6) is 5.75 Å². The van der Waals surface area contributed by atoms with Gasteiger partial charge in [0.15, 0.2) is 0 Å². The van der Waals surface area contributed by atoms with Gasteiger partial charge in [-0.25, -0.2) is 0 Å². The van der Waals surface area contributed by atoms with Gasteiger partial charge < -0.3 is 15.1 Å². The fourth-order valence-corrected chi connectivity index (χ4v) is 2.95. The summed E-state index contributed by atoms with van der Waals surface area (Å²) >= 11 is 0. The highest BCUT2D eigenvalue weighted by Gasteiger charge is 2.45. The first kappa shape index (κ1) is 15.4. The van der Waals surface area contributed by atoms with Gasteiger partial charge in [0, 0.05) is 13.1 Å². The first-order valence-corrected chi connectivity index (χ1v) is 7.26. The van der Waals surface area contributed by atoms with E-state index in [4.69, 9.17) is 0 Å². The summed E-state index contributed by atoms with van der Waals surface area (Å²) in [5.41, 5.74) is 0.0421. The highest BCUT2D eigenvalue weighted by molar-refractivity contribution is 5.82. The van der Waals surface area contributed by atoms with Crippen LogP contribution in [-0.4, -0.2) is 40.1 Å². The quantitative estimate of drug-likeness (QED) is 0.870. The Hall–Kier alpha value is -2.04. The summed E-state index contributed by atoms with van der Waals surface area (Å²) in [6.45, 7) is 2.77. The van der Waals surface area contributed by atoms with Crippen LogP contribution in [0, 0.1) is 5.41 Å². The third-order valence-electron chi connectivity index (χ3n) is 4.18. The highest BCUT2D eigenvalue weighted by Crippen LogP contribution is 2.35. The molecule has 0 bridgehead atoms. The van der Waals surface area contributed by atoms with Crippen molar-refractivity contribution in [3.63, 3.8) is 0 Å². The van der Waals surface area contributed by atoms with Gasteiger partial charge in [-0.15, -0.1) is 0 Å². The predicted octanol–water partition coefficient (Wildman–Crippen LogP) is 2.04. The number of amides is 1. The summed E-state index contributed by atoms with van der Waals surface area (Å²) in [5, 5.41) is 18.7. The second kappa shape index (κ2) is 6.16. The average Bonchev–Trinajstić information content (AvgIpc) is 2.88. The Bertz CT molecular complexity index is 526. The van der Waals surface area contributed by atoms with E-state index < -0.39 is 11.4 Å². The minimum Gasteiger partial charge on any atom is -0.508 e. The molecule has 1 heterocycles. The molecule has 1 atom stereocenters. The molecule has 1 saturated heterocycles. The number of phenolic OH excluding ortho intramolecular Hbond substituents is 1. The maximum Gasteiger partial charge on any atom is 0.311 e. The molecule has 1 fully saturated rings. The lowest BCUT2D eigenvalue weighted by molar-refractivity contribution is -0.149. The van der Waals surface area contributed by atoms with Gasteiger partial charge in [-0.05, 0) is 30.5 Å². The van der Waals surface area contributed by atoms with E-state index in [1.807, 2.05) is 6.92 Å². The molecule has 1 aliphatic rings. The molecular weight excluding hydrogens is 270 g/mol. The zero-order valence-electron chi connectivity index (χ0n) is 12.2. The zero-order valence-corrected chi connectivity index (χ0v) is 12.2. The fourth-order valence-electron chi connectivity index (χ4n) is 2.95. The van der Waals surface area contributed by atoms with Crippen molar-refractivity contribution >= 4 is 11.9 Å². The molecule has 0 aliphatic carbocycles. The van der Waals surface area contributed by atoms with Crippen LogP contribution in [0.3, 0.4) is 0 Å². The number of aliphatic carboxylic acids is 1. The van der Waals surface area contributed by atoms with E-state index in [1.165, 1.54) is 0 Å². The number of carboxylic acid groups (broad SMARTS) is 1. The minimum absolute atomic E-state index is 0.0556. The van der Waals surface area contributed by atoms with E-state index in [0.29, 0.717) is 25.9 Å². The Morgan fingerprint density at radius 1 is 1.29 bits per heavy atom. The lowest BCUT2D eigenvalue weighted by atomic mass is 9.83. The highest BCUT2D eigenvalue weighted by atomic mass is 16.4. The number of rotatable bonds is 5. The molecule has 0 spiro atoms. The summed E-state index contributed by atoms with van der Waals surface area (Å²) in [5.74, 6) is -0.690. The van der Waals surface area contributed by atoms with Crippen molar-refractivity contribution < 1.29 is 19.8 Å². The number of carboxylic acids is 1. The van der Waals surface area contributed by atoms with Gasteiger partial charge in [-0.3, -0.25) is 9.59 Å². The monoisotopic (exact) mass is 291 g/mol. The fraction of sp³-hybridized carbons (Fsp3) is 0.500. The van der Waals surface area contributed by atoms with Gasteiger partial charge in [0.25, 0.3) is 0 Å². The molecule has 0 saturated carbocycles. The molecule has 1 unspecified atom stereocenters. The molecule has 1 aliphatic heterocycles. The topological polar surface area (TPSA) is 77.8 Å². The number of aromatic hydroxyl groups is 1. The number of nitrogens with zero attached hydrogens (tertiary/aromatic N) is 1. The molecule has 1 aromatic carbocycles. The van der Waals surface area contributed by atoms with E-state index >= 15 is 0 Å². The van der Waals surface area contributed by atoms with E-state index in [9.17, 15) is 19.8 Å². The molecule has 0 aromatic heterocycles. The lowest BCUT2D eigenvalue weighted by Crippen LogP contribution is -2.37. The molecule has 2 N–H and O–H groups in total. The van der Waals surface area contributed by atoms with Crippen LogP contribution in [0.2, 0.25) is 0 Å². The lowest BCUT2D eigenvalue weighted by Gasteiger charge is -2.24. The molecule has 114 valence electrons. The van der Waals surface area contributed by atoms with Crippen LogP contribution in [0.4, 0.5) is 0 Å². The predicted molar refractivity (Wildman–Crippen MR) is 78.0 cm³/mol. The maximum atomic E-state index is 12.3. The first-order valence-electron chi connectivity index (χ1n) is 7.26. The van der Waals surface area contributed by atoms with Gasteiger partial charge in [0.05, 0.1) is 11.8 Å². The van der Waals surface area contributed by atoms with Crippen LogP contribution in [0.25, 0.3) is 0 Å². The van der Waals surface area contributed by atoms with Gasteiger partial charge in [0.2, 0.25) is 5.91 Å². The summed E-state index contributed by atoms with van der Waals surface area (Å²) in [4.78, 5) is 25.4. The number of hydrogen-bond acceptors (Lipinski definition) is 3.